The molecule has 2 aromatic carbocycles. The van der Waals surface area contributed by atoms with Crippen molar-refractivity contribution in [1.29, 1.82) is 0 Å². The lowest BCUT2D eigenvalue weighted by atomic mass is 9.85. The lowest BCUT2D eigenvalue weighted by Gasteiger charge is -2.30. The van der Waals surface area contributed by atoms with E-state index in [0.29, 0.717) is 32.7 Å². The van der Waals surface area contributed by atoms with Gasteiger partial charge in [0.2, 0.25) is 5.91 Å². The Morgan fingerprint density at radius 2 is 1.74 bits per heavy atom. The number of nitrogens with zero attached hydrogens (tertiary/aromatic N) is 1. The lowest BCUT2D eigenvalue weighted by Crippen LogP contribution is -2.42. The van der Waals surface area contributed by atoms with Crippen LogP contribution < -0.4 is 5.32 Å². The van der Waals surface area contributed by atoms with Crippen LogP contribution in [0.3, 0.4) is 0 Å². The van der Waals surface area contributed by atoms with Crippen LogP contribution in [-0.4, -0.2) is 39.2 Å². The molecule has 2 aromatic heterocycles. The van der Waals surface area contributed by atoms with Gasteiger partial charge in [-0.15, -0.1) is 0 Å². The van der Waals surface area contributed by atoms with Gasteiger partial charge in [-0.1, -0.05) is 48.0 Å². The van der Waals surface area contributed by atoms with Crippen molar-refractivity contribution in [3.05, 3.63) is 89.0 Å². The maximum Gasteiger partial charge on any atom is 0.245 e. The molecule has 0 aliphatic carbocycles. The van der Waals surface area contributed by atoms with Crippen molar-refractivity contribution in [2.24, 2.45) is 0 Å². The summed E-state index contributed by atoms with van der Waals surface area (Å²) in [5, 5.41) is 24.0. The van der Waals surface area contributed by atoms with E-state index in [2.05, 4.69) is 15.3 Å². The van der Waals surface area contributed by atoms with Gasteiger partial charge in [0.25, 0.3) is 0 Å². The summed E-state index contributed by atoms with van der Waals surface area (Å²) in [5.41, 5.74) is 1.32. The molecule has 1 atom stereocenters. The number of aliphatic hydroxyl groups is 2. The minimum Gasteiger partial charge on any atom is -0.387 e. The first kappa shape index (κ1) is 21.0. The highest BCUT2D eigenvalue weighted by Gasteiger charge is 2.32. The molecule has 0 bridgehead atoms. The Hall–Kier alpha value is -3.26. The van der Waals surface area contributed by atoms with Gasteiger partial charge in [0.05, 0.1) is 11.9 Å². The van der Waals surface area contributed by atoms with Crippen LogP contribution in [0.4, 0.5) is 4.39 Å². The molecule has 0 aliphatic rings. The van der Waals surface area contributed by atoms with E-state index in [1.165, 1.54) is 6.20 Å². The fraction of sp³-hybridized carbons (Fsp3) is 0.130. The number of hydrogen-bond acceptors (Lipinski definition) is 4. The highest BCUT2D eigenvalue weighted by Crippen LogP contribution is 2.34. The van der Waals surface area contributed by atoms with E-state index in [1.54, 1.807) is 60.8 Å². The maximum absolute atomic E-state index is 14.2. The van der Waals surface area contributed by atoms with Crippen LogP contribution in [0.25, 0.3) is 22.2 Å². The normalized spacial score (nSPS) is 13.2. The molecule has 4 aromatic rings. The van der Waals surface area contributed by atoms with Crippen molar-refractivity contribution >= 4 is 28.5 Å². The second kappa shape index (κ2) is 8.47. The summed E-state index contributed by atoms with van der Waals surface area (Å²) in [5.74, 6) is -1.00. The Balaban J connectivity index is 1.74. The Morgan fingerprint density at radius 1 is 1.10 bits per heavy atom. The number of halogens is 2. The number of aliphatic hydroxyl groups excluding tert-OH is 1. The van der Waals surface area contributed by atoms with Crippen LogP contribution in [0.5, 0.6) is 0 Å². The molecule has 158 valence electrons. The molecule has 0 aliphatic heterocycles. The molecule has 0 saturated carbocycles. The van der Waals surface area contributed by atoms with Gasteiger partial charge < -0.3 is 20.5 Å². The average molecular weight is 440 g/mol. The number of fused-ring (bicyclic) bond motifs is 1. The molecule has 0 spiro atoms. The molecular formula is C23H19ClFN3O3. The summed E-state index contributed by atoms with van der Waals surface area (Å²) in [6.45, 7) is -0.838. The third kappa shape index (κ3) is 4.03. The summed E-state index contributed by atoms with van der Waals surface area (Å²) in [6.07, 6.45) is 2.86. The summed E-state index contributed by atoms with van der Waals surface area (Å²) in [4.78, 5) is 18.5. The van der Waals surface area contributed by atoms with Gasteiger partial charge in [-0.3, -0.25) is 4.79 Å². The van der Waals surface area contributed by atoms with Crippen LogP contribution >= 0.6 is 11.6 Å². The van der Waals surface area contributed by atoms with Crippen molar-refractivity contribution in [2.75, 3.05) is 13.2 Å². The van der Waals surface area contributed by atoms with Crippen molar-refractivity contribution in [2.45, 2.75) is 5.60 Å². The fourth-order valence-electron chi connectivity index (χ4n) is 3.56. The number of amides is 1. The monoisotopic (exact) mass is 439 g/mol. The molecule has 0 radical (unpaired) electrons. The number of carbonyl (C=O) groups is 1. The molecule has 4 rings (SSSR count). The minimum atomic E-state index is -1.57. The van der Waals surface area contributed by atoms with E-state index in [0.717, 1.165) is 5.56 Å². The second-order valence-corrected chi connectivity index (χ2v) is 7.53. The van der Waals surface area contributed by atoms with Gasteiger partial charge in [-0.25, -0.2) is 9.37 Å². The quantitative estimate of drug-likeness (QED) is 0.370. The first-order valence-electron chi connectivity index (χ1n) is 9.51. The number of carbonyl (C=O) groups excluding carboxylic acids is 1. The molecule has 8 heteroatoms. The molecule has 0 fully saturated rings. The third-order valence-corrected chi connectivity index (χ3v) is 5.46. The van der Waals surface area contributed by atoms with Crippen LogP contribution in [-0.2, 0) is 10.4 Å². The molecule has 1 amide bonds. The molecule has 6 nitrogen and oxygen atoms in total. The smallest absolute Gasteiger partial charge is 0.245 e. The summed E-state index contributed by atoms with van der Waals surface area (Å²) in [6, 6.07) is 15.3. The largest absolute Gasteiger partial charge is 0.387 e. The van der Waals surface area contributed by atoms with Gasteiger partial charge >= 0.3 is 0 Å². The second-order valence-electron chi connectivity index (χ2n) is 7.10. The van der Waals surface area contributed by atoms with Crippen molar-refractivity contribution in [1.82, 2.24) is 15.3 Å². The summed E-state index contributed by atoms with van der Waals surface area (Å²) in [7, 11) is 0. The third-order valence-electron chi connectivity index (χ3n) is 5.21. The van der Waals surface area contributed by atoms with Gasteiger partial charge in [0.1, 0.15) is 17.9 Å². The minimum absolute atomic E-state index is 0.153. The van der Waals surface area contributed by atoms with Gasteiger partial charge in [0.15, 0.2) is 5.82 Å². The van der Waals surface area contributed by atoms with E-state index in [9.17, 15) is 14.3 Å². The van der Waals surface area contributed by atoms with Crippen molar-refractivity contribution in [3.8, 4) is 11.1 Å². The van der Waals surface area contributed by atoms with E-state index in [-0.39, 0.29) is 6.54 Å². The molecule has 31 heavy (non-hydrogen) atoms. The molecule has 4 N–H and O–H groups in total. The number of rotatable bonds is 6. The van der Waals surface area contributed by atoms with Crippen LogP contribution in [0.15, 0.2) is 67.0 Å². The molecule has 2 heterocycles. The molecular weight excluding hydrogens is 421 g/mol. The zero-order valence-corrected chi connectivity index (χ0v) is 17.0. The standard InChI is InChI=1S/C23H19ClFN3O3/c24-17-7-5-16(6-8-17)23(31,13-28-20(30)12-29)15-3-1-14(2-4-15)18-9-10-26-22-21(18)19(25)11-27-22/h1-11,29,31H,12-13H2,(H,26,27)(H,28,30). The van der Waals surface area contributed by atoms with Gasteiger partial charge in [-0.05, 0) is 40.5 Å². The lowest BCUT2D eigenvalue weighted by molar-refractivity contribution is -0.124. The topological polar surface area (TPSA) is 98.2 Å². The van der Waals surface area contributed by atoms with E-state index in [4.69, 9.17) is 16.7 Å². The van der Waals surface area contributed by atoms with Crippen LogP contribution in [0.2, 0.25) is 5.02 Å². The predicted octanol–water partition coefficient (Wildman–Crippen LogP) is 3.37. The van der Waals surface area contributed by atoms with Crippen molar-refractivity contribution in [3.63, 3.8) is 0 Å². The highest BCUT2D eigenvalue weighted by molar-refractivity contribution is 6.30. The number of hydrogen-bond donors (Lipinski definition) is 4. The summed E-state index contributed by atoms with van der Waals surface area (Å²) >= 11 is 5.97. The number of aromatic amines is 1. The zero-order valence-electron chi connectivity index (χ0n) is 16.3. The highest BCUT2D eigenvalue weighted by atomic mass is 35.5. The SMILES string of the molecule is O=C(CO)NCC(O)(c1ccc(Cl)cc1)c1ccc(-c2ccnc3[nH]cc(F)c23)cc1. The van der Waals surface area contributed by atoms with Crippen LogP contribution in [0.1, 0.15) is 11.1 Å². The maximum atomic E-state index is 14.2. The van der Waals surface area contributed by atoms with Crippen LogP contribution in [0, 0.1) is 5.82 Å². The number of aromatic nitrogens is 2. The van der Waals surface area contributed by atoms with Crippen molar-refractivity contribution < 1.29 is 19.4 Å². The number of nitrogens with one attached hydrogen (secondary N) is 2. The number of H-pyrrole nitrogens is 1. The first-order valence-corrected chi connectivity index (χ1v) is 9.88. The Kier molecular flexibility index (Phi) is 5.73. The van der Waals surface area contributed by atoms with E-state index in [1.807, 2.05) is 0 Å². The fourth-order valence-corrected chi connectivity index (χ4v) is 3.69. The number of pyridine rings is 1. The van der Waals surface area contributed by atoms with E-state index < -0.39 is 23.9 Å². The number of benzene rings is 2. The first-order chi connectivity index (χ1) is 14.9. The van der Waals surface area contributed by atoms with Gasteiger partial charge in [-0.2, -0.15) is 0 Å². The Bertz CT molecular complexity index is 1230. The average Bonchev–Trinajstić information content (AvgIpc) is 3.19. The molecule has 1 unspecified atom stereocenters. The Labute approximate surface area is 182 Å². The van der Waals surface area contributed by atoms with E-state index >= 15 is 0 Å². The molecule has 0 saturated heterocycles. The van der Waals surface area contributed by atoms with Gasteiger partial charge in [0, 0.05) is 17.4 Å². The summed E-state index contributed by atoms with van der Waals surface area (Å²) < 4.78 is 14.2. The zero-order chi connectivity index (χ0) is 22.0. The predicted molar refractivity (Wildman–Crippen MR) is 116 cm³/mol. The Morgan fingerprint density at radius 3 is 2.39 bits per heavy atom.